The fraction of sp³-hybridized carbons (Fsp3) is 0.0870. The molecule has 0 fully saturated rings. The zero-order chi connectivity index (χ0) is 22.1. The molecular formula is C23H21ClN4O3. The van der Waals surface area contributed by atoms with Gasteiger partial charge in [-0.2, -0.15) is 0 Å². The molecule has 158 valence electrons. The van der Waals surface area contributed by atoms with Gasteiger partial charge in [-0.3, -0.25) is 9.59 Å². The van der Waals surface area contributed by atoms with Crippen LogP contribution in [-0.4, -0.2) is 24.4 Å². The zero-order valence-corrected chi connectivity index (χ0v) is 17.2. The fourth-order valence-electron chi connectivity index (χ4n) is 2.78. The van der Waals surface area contributed by atoms with E-state index in [2.05, 4.69) is 21.3 Å². The lowest BCUT2D eigenvalue weighted by atomic mass is 10.2. The summed E-state index contributed by atoms with van der Waals surface area (Å²) in [4.78, 5) is 36.1. The first-order chi connectivity index (χ1) is 15.0. The maximum Gasteiger partial charge on any atom is 0.319 e. The second-order valence-corrected chi connectivity index (χ2v) is 7.05. The fourth-order valence-corrected chi connectivity index (χ4v) is 2.97. The van der Waals surface area contributed by atoms with E-state index < -0.39 is 18.1 Å². The standard InChI is InChI=1S/C23H21ClN4O3/c24-18-9-5-11-20(13-18)26-21(15-29)28-22(30)17-8-4-10-19(12-17)27-23(31)25-14-16-6-2-1-3-7-16/h1-13,15,21,26H,14H2,(H,28,30)(H2,25,27,31). The number of carbonyl (C=O) groups is 3. The van der Waals surface area contributed by atoms with Gasteiger partial charge in [-0.1, -0.05) is 54.1 Å². The lowest BCUT2D eigenvalue weighted by molar-refractivity contribution is -0.108. The Morgan fingerprint density at radius 3 is 2.39 bits per heavy atom. The van der Waals surface area contributed by atoms with Crippen LogP contribution in [0.1, 0.15) is 15.9 Å². The molecule has 0 bridgehead atoms. The third-order valence-corrected chi connectivity index (χ3v) is 4.48. The van der Waals surface area contributed by atoms with E-state index in [0.29, 0.717) is 34.8 Å². The van der Waals surface area contributed by atoms with Crippen molar-refractivity contribution in [2.75, 3.05) is 10.6 Å². The van der Waals surface area contributed by atoms with Crippen LogP contribution in [-0.2, 0) is 11.3 Å². The summed E-state index contributed by atoms with van der Waals surface area (Å²) >= 11 is 5.93. The largest absolute Gasteiger partial charge is 0.359 e. The molecule has 0 heterocycles. The minimum atomic E-state index is -0.947. The van der Waals surface area contributed by atoms with Gasteiger partial charge in [-0.05, 0) is 42.0 Å². The first-order valence-electron chi connectivity index (χ1n) is 9.50. The molecular weight excluding hydrogens is 416 g/mol. The van der Waals surface area contributed by atoms with Crippen molar-refractivity contribution in [3.8, 4) is 0 Å². The van der Waals surface area contributed by atoms with Crippen LogP contribution in [0.25, 0.3) is 0 Å². The molecule has 8 heteroatoms. The number of amides is 3. The molecule has 7 nitrogen and oxygen atoms in total. The van der Waals surface area contributed by atoms with Gasteiger partial charge in [0.1, 0.15) is 0 Å². The first kappa shape index (κ1) is 21.9. The van der Waals surface area contributed by atoms with Gasteiger partial charge in [0.25, 0.3) is 5.91 Å². The quantitative estimate of drug-likeness (QED) is 0.316. The third-order valence-electron chi connectivity index (χ3n) is 4.25. The number of hydrogen-bond donors (Lipinski definition) is 4. The summed E-state index contributed by atoms with van der Waals surface area (Å²) in [5, 5.41) is 11.4. The van der Waals surface area contributed by atoms with Crippen LogP contribution in [0.2, 0.25) is 5.02 Å². The number of nitrogens with one attached hydrogen (secondary N) is 4. The Hall–Kier alpha value is -3.84. The van der Waals surface area contributed by atoms with Crippen molar-refractivity contribution < 1.29 is 14.4 Å². The van der Waals surface area contributed by atoms with Crippen molar-refractivity contribution in [2.24, 2.45) is 0 Å². The summed E-state index contributed by atoms with van der Waals surface area (Å²) in [6.45, 7) is 0.378. The van der Waals surface area contributed by atoms with E-state index in [1.54, 1.807) is 42.5 Å². The number of carbonyl (C=O) groups excluding carboxylic acids is 3. The molecule has 1 atom stereocenters. The summed E-state index contributed by atoms with van der Waals surface area (Å²) < 4.78 is 0. The van der Waals surface area contributed by atoms with Gasteiger partial charge in [0.2, 0.25) is 0 Å². The van der Waals surface area contributed by atoms with Crippen molar-refractivity contribution in [2.45, 2.75) is 12.7 Å². The van der Waals surface area contributed by atoms with Gasteiger partial charge in [0.05, 0.1) is 0 Å². The minimum absolute atomic E-state index is 0.292. The minimum Gasteiger partial charge on any atom is -0.359 e. The maximum absolute atomic E-state index is 12.6. The summed E-state index contributed by atoms with van der Waals surface area (Å²) in [5.74, 6) is -0.472. The second kappa shape index (κ2) is 10.8. The Labute approximate surface area is 184 Å². The van der Waals surface area contributed by atoms with Crippen LogP contribution in [0.5, 0.6) is 0 Å². The van der Waals surface area contributed by atoms with Crippen molar-refractivity contribution in [1.82, 2.24) is 10.6 Å². The van der Waals surface area contributed by atoms with E-state index in [9.17, 15) is 14.4 Å². The molecule has 3 amide bonds. The molecule has 0 aliphatic rings. The molecule has 0 aliphatic carbocycles. The molecule has 0 saturated carbocycles. The van der Waals surface area contributed by atoms with Gasteiger partial charge >= 0.3 is 6.03 Å². The average molecular weight is 437 g/mol. The number of benzene rings is 3. The van der Waals surface area contributed by atoms with Gasteiger partial charge in [-0.15, -0.1) is 0 Å². The zero-order valence-electron chi connectivity index (χ0n) is 16.5. The molecule has 4 N–H and O–H groups in total. The second-order valence-electron chi connectivity index (χ2n) is 6.62. The normalized spacial score (nSPS) is 11.1. The summed E-state index contributed by atoms with van der Waals surface area (Å²) in [6, 6.07) is 22.3. The third kappa shape index (κ3) is 6.87. The van der Waals surface area contributed by atoms with E-state index in [0.717, 1.165) is 5.56 Å². The summed E-state index contributed by atoms with van der Waals surface area (Å²) in [5.41, 5.74) is 2.30. The Morgan fingerprint density at radius 2 is 1.65 bits per heavy atom. The molecule has 0 saturated heterocycles. The Kier molecular flexibility index (Phi) is 7.61. The van der Waals surface area contributed by atoms with Crippen molar-refractivity contribution >= 4 is 41.2 Å². The number of anilines is 2. The highest BCUT2D eigenvalue weighted by atomic mass is 35.5. The van der Waals surface area contributed by atoms with Crippen LogP contribution in [0.15, 0.2) is 78.9 Å². The summed E-state index contributed by atoms with van der Waals surface area (Å²) in [7, 11) is 0. The molecule has 3 aromatic carbocycles. The van der Waals surface area contributed by atoms with Crippen LogP contribution in [0.3, 0.4) is 0 Å². The topological polar surface area (TPSA) is 99.3 Å². The van der Waals surface area contributed by atoms with Gasteiger partial charge in [-0.25, -0.2) is 4.79 Å². The lowest BCUT2D eigenvalue weighted by Gasteiger charge is -2.16. The molecule has 0 aliphatic heterocycles. The van der Waals surface area contributed by atoms with Crippen LogP contribution in [0, 0.1) is 0 Å². The van der Waals surface area contributed by atoms with Gasteiger partial charge < -0.3 is 21.3 Å². The molecule has 0 aromatic heterocycles. The maximum atomic E-state index is 12.6. The molecule has 3 aromatic rings. The SMILES string of the molecule is O=CC(NC(=O)c1cccc(NC(=O)NCc2ccccc2)c1)Nc1cccc(Cl)c1. The van der Waals surface area contributed by atoms with Crippen molar-refractivity contribution in [3.05, 3.63) is 95.0 Å². The molecule has 1 unspecified atom stereocenters. The van der Waals surface area contributed by atoms with Gasteiger partial charge in [0, 0.05) is 28.5 Å². The van der Waals surface area contributed by atoms with E-state index >= 15 is 0 Å². The average Bonchev–Trinajstić information content (AvgIpc) is 2.78. The number of rotatable bonds is 8. The monoisotopic (exact) mass is 436 g/mol. The van der Waals surface area contributed by atoms with Crippen LogP contribution < -0.4 is 21.3 Å². The van der Waals surface area contributed by atoms with E-state index in [1.165, 1.54) is 6.07 Å². The van der Waals surface area contributed by atoms with E-state index in [1.807, 2.05) is 30.3 Å². The van der Waals surface area contributed by atoms with Crippen molar-refractivity contribution in [1.29, 1.82) is 0 Å². The Bertz CT molecular complexity index is 1060. The van der Waals surface area contributed by atoms with E-state index in [-0.39, 0.29) is 0 Å². The molecule has 31 heavy (non-hydrogen) atoms. The summed E-state index contributed by atoms with van der Waals surface area (Å²) in [6.07, 6.45) is -0.366. The molecule has 0 radical (unpaired) electrons. The predicted molar refractivity (Wildman–Crippen MR) is 121 cm³/mol. The highest BCUT2D eigenvalue weighted by Gasteiger charge is 2.14. The molecule has 3 rings (SSSR count). The Morgan fingerprint density at radius 1 is 0.903 bits per heavy atom. The highest BCUT2D eigenvalue weighted by molar-refractivity contribution is 6.30. The first-order valence-corrected chi connectivity index (χ1v) is 9.88. The number of hydrogen-bond acceptors (Lipinski definition) is 4. The predicted octanol–water partition coefficient (Wildman–Crippen LogP) is 4.03. The number of halogens is 1. The van der Waals surface area contributed by atoms with Crippen LogP contribution >= 0.6 is 11.6 Å². The molecule has 0 spiro atoms. The number of urea groups is 1. The lowest BCUT2D eigenvalue weighted by Crippen LogP contribution is -2.41. The van der Waals surface area contributed by atoms with Gasteiger partial charge in [0.15, 0.2) is 12.5 Å². The van der Waals surface area contributed by atoms with Crippen LogP contribution in [0.4, 0.5) is 16.2 Å². The van der Waals surface area contributed by atoms with E-state index in [4.69, 9.17) is 11.6 Å². The smallest absolute Gasteiger partial charge is 0.319 e. The van der Waals surface area contributed by atoms with Crippen molar-refractivity contribution in [3.63, 3.8) is 0 Å². The Balaban J connectivity index is 1.57. The number of aldehydes is 1. The highest BCUT2D eigenvalue weighted by Crippen LogP contribution is 2.15.